The first-order valence-corrected chi connectivity index (χ1v) is 8.40. The maximum absolute atomic E-state index is 12.2. The van der Waals surface area contributed by atoms with Crippen molar-refractivity contribution in [2.75, 3.05) is 18.4 Å². The van der Waals surface area contributed by atoms with Gasteiger partial charge < -0.3 is 15.0 Å². The molecule has 1 aromatic carbocycles. The summed E-state index contributed by atoms with van der Waals surface area (Å²) in [5, 5.41) is 14.5. The number of fused-ring (bicyclic) bond motifs is 1. The molecule has 1 fully saturated rings. The van der Waals surface area contributed by atoms with E-state index in [-0.39, 0.29) is 12.1 Å². The fraction of sp³-hybridized carbons (Fsp3) is 0.421. The lowest BCUT2D eigenvalue weighted by atomic mass is 10.1. The van der Waals surface area contributed by atoms with Crippen molar-refractivity contribution in [3.8, 4) is 6.07 Å². The van der Waals surface area contributed by atoms with Crippen LogP contribution in [0.1, 0.15) is 32.9 Å². The van der Waals surface area contributed by atoms with Crippen molar-refractivity contribution in [3.05, 3.63) is 36.0 Å². The van der Waals surface area contributed by atoms with E-state index in [1.54, 1.807) is 11.0 Å². The third-order valence-corrected chi connectivity index (χ3v) is 4.04. The van der Waals surface area contributed by atoms with Crippen LogP contribution in [0.2, 0.25) is 0 Å². The molecule has 1 saturated heterocycles. The molecule has 1 aliphatic rings. The smallest absolute Gasteiger partial charge is 0.410 e. The quantitative estimate of drug-likeness (QED) is 0.906. The third-order valence-electron chi connectivity index (χ3n) is 4.04. The highest BCUT2D eigenvalue weighted by atomic mass is 16.6. The van der Waals surface area contributed by atoms with Crippen LogP contribution in [0.15, 0.2) is 30.3 Å². The number of amides is 1. The molecule has 3 rings (SSSR count). The largest absolute Gasteiger partial charge is 0.444 e. The molecule has 130 valence electrons. The van der Waals surface area contributed by atoms with Crippen LogP contribution in [0.3, 0.4) is 0 Å². The molecule has 0 aliphatic carbocycles. The van der Waals surface area contributed by atoms with Crippen molar-refractivity contribution in [1.29, 1.82) is 5.26 Å². The topological polar surface area (TPSA) is 78.2 Å². The number of likely N-dealkylation sites (tertiary alicyclic amines) is 1. The summed E-state index contributed by atoms with van der Waals surface area (Å²) in [6.07, 6.45) is 0.520. The number of nitriles is 1. The molecule has 0 spiro atoms. The lowest BCUT2D eigenvalue weighted by molar-refractivity contribution is 0.0293. The van der Waals surface area contributed by atoms with E-state index in [0.29, 0.717) is 24.6 Å². The van der Waals surface area contributed by atoms with Crippen molar-refractivity contribution in [2.45, 2.75) is 38.8 Å². The number of ether oxygens (including phenoxy) is 1. The molecule has 6 heteroatoms. The highest BCUT2D eigenvalue weighted by Crippen LogP contribution is 2.25. The molecular formula is C19H22N4O2. The van der Waals surface area contributed by atoms with Crippen molar-refractivity contribution >= 4 is 22.7 Å². The number of hydrogen-bond donors (Lipinski definition) is 1. The van der Waals surface area contributed by atoms with E-state index >= 15 is 0 Å². The number of carbonyl (C=O) groups excluding carboxylic acids is 1. The van der Waals surface area contributed by atoms with E-state index in [1.807, 2.05) is 45.0 Å². The summed E-state index contributed by atoms with van der Waals surface area (Å²) >= 11 is 0. The Labute approximate surface area is 147 Å². The van der Waals surface area contributed by atoms with Crippen LogP contribution in [0, 0.1) is 11.3 Å². The molecule has 1 aliphatic heterocycles. The number of aromatic nitrogens is 1. The van der Waals surface area contributed by atoms with Crippen LogP contribution >= 0.6 is 0 Å². The van der Waals surface area contributed by atoms with E-state index in [0.717, 1.165) is 17.2 Å². The van der Waals surface area contributed by atoms with Gasteiger partial charge in [-0.2, -0.15) is 5.26 Å². The van der Waals surface area contributed by atoms with Gasteiger partial charge in [-0.1, -0.05) is 24.3 Å². The van der Waals surface area contributed by atoms with E-state index < -0.39 is 5.60 Å². The van der Waals surface area contributed by atoms with Crippen LogP contribution in [0.5, 0.6) is 0 Å². The molecule has 0 unspecified atom stereocenters. The molecule has 25 heavy (non-hydrogen) atoms. The molecule has 1 aromatic heterocycles. The second-order valence-corrected chi connectivity index (χ2v) is 7.25. The Kier molecular flexibility index (Phi) is 4.49. The Balaban J connectivity index is 1.75. The van der Waals surface area contributed by atoms with E-state index in [4.69, 9.17) is 4.74 Å². The van der Waals surface area contributed by atoms with Crippen LogP contribution in [0.4, 0.5) is 10.6 Å². The highest BCUT2D eigenvalue weighted by molar-refractivity contribution is 5.92. The van der Waals surface area contributed by atoms with Crippen molar-refractivity contribution < 1.29 is 9.53 Å². The maximum Gasteiger partial charge on any atom is 0.410 e. The van der Waals surface area contributed by atoms with Crippen molar-refractivity contribution in [1.82, 2.24) is 9.88 Å². The number of anilines is 1. The van der Waals surface area contributed by atoms with Gasteiger partial charge in [0.2, 0.25) is 0 Å². The summed E-state index contributed by atoms with van der Waals surface area (Å²) in [5.41, 5.74) is -0.121. The molecule has 0 bridgehead atoms. The summed E-state index contributed by atoms with van der Waals surface area (Å²) in [7, 11) is 0. The van der Waals surface area contributed by atoms with Crippen LogP contribution in [-0.2, 0) is 4.74 Å². The van der Waals surface area contributed by atoms with Gasteiger partial charge in [0.15, 0.2) is 0 Å². The first-order chi connectivity index (χ1) is 11.9. The van der Waals surface area contributed by atoms with Crippen molar-refractivity contribution in [2.24, 2.45) is 0 Å². The number of hydrogen-bond acceptors (Lipinski definition) is 5. The minimum Gasteiger partial charge on any atom is -0.444 e. The number of nitrogens with one attached hydrogen (secondary N) is 1. The fourth-order valence-corrected chi connectivity index (χ4v) is 2.93. The molecule has 1 amide bonds. The summed E-state index contributed by atoms with van der Waals surface area (Å²) < 4.78 is 5.43. The zero-order valence-corrected chi connectivity index (χ0v) is 14.7. The summed E-state index contributed by atoms with van der Waals surface area (Å²) in [4.78, 5) is 18.3. The van der Waals surface area contributed by atoms with Gasteiger partial charge in [0.25, 0.3) is 0 Å². The summed E-state index contributed by atoms with van der Waals surface area (Å²) in [6.45, 7) is 6.78. The molecule has 0 radical (unpaired) electrons. The first-order valence-electron chi connectivity index (χ1n) is 8.40. The van der Waals surface area contributed by atoms with Gasteiger partial charge in [-0.05, 0) is 38.6 Å². The minimum absolute atomic E-state index is 0.0809. The monoisotopic (exact) mass is 338 g/mol. The normalized spacial score (nSPS) is 17.4. The Bertz CT molecular complexity index is 835. The molecule has 0 saturated carbocycles. The van der Waals surface area contributed by atoms with Crippen LogP contribution < -0.4 is 5.32 Å². The Morgan fingerprint density at radius 3 is 2.88 bits per heavy atom. The van der Waals surface area contributed by atoms with Gasteiger partial charge in [-0.3, -0.25) is 0 Å². The second-order valence-electron chi connectivity index (χ2n) is 7.25. The molecular weight excluding hydrogens is 316 g/mol. The SMILES string of the molecule is CC(C)(C)OC(=O)N1CC[C@H](Nc2nc(C#N)cc3ccccc23)C1. The summed E-state index contributed by atoms with van der Waals surface area (Å²) in [6, 6.07) is 11.8. The zero-order chi connectivity index (χ0) is 18.0. The number of carbonyl (C=O) groups is 1. The lowest BCUT2D eigenvalue weighted by Crippen LogP contribution is -2.36. The Morgan fingerprint density at radius 2 is 2.16 bits per heavy atom. The van der Waals surface area contributed by atoms with Gasteiger partial charge in [-0.25, -0.2) is 9.78 Å². The minimum atomic E-state index is -0.499. The van der Waals surface area contributed by atoms with E-state index in [2.05, 4.69) is 16.4 Å². The zero-order valence-electron chi connectivity index (χ0n) is 14.7. The molecule has 1 atom stereocenters. The average Bonchev–Trinajstić information content (AvgIpc) is 3.02. The molecule has 6 nitrogen and oxygen atoms in total. The molecule has 1 N–H and O–H groups in total. The van der Waals surface area contributed by atoms with Crippen LogP contribution in [-0.4, -0.2) is 40.7 Å². The molecule has 2 aromatic rings. The number of nitrogens with zero attached hydrogens (tertiary/aromatic N) is 3. The average molecular weight is 338 g/mol. The fourth-order valence-electron chi connectivity index (χ4n) is 2.93. The molecule has 2 heterocycles. The predicted octanol–water partition coefficient (Wildman–Crippen LogP) is 3.53. The van der Waals surface area contributed by atoms with Gasteiger partial charge in [0.1, 0.15) is 23.2 Å². The number of rotatable bonds is 2. The van der Waals surface area contributed by atoms with Gasteiger partial charge in [0.05, 0.1) is 0 Å². The Hall–Kier alpha value is -2.81. The van der Waals surface area contributed by atoms with E-state index in [1.165, 1.54) is 0 Å². The summed E-state index contributed by atoms with van der Waals surface area (Å²) in [5.74, 6) is 0.686. The third kappa shape index (κ3) is 4.00. The van der Waals surface area contributed by atoms with Gasteiger partial charge in [0, 0.05) is 24.5 Å². The van der Waals surface area contributed by atoms with Crippen LogP contribution in [0.25, 0.3) is 10.8 Å². The number of pyridine rings is 1. The maximum atomic E-state index is 12.2. The van der Waals surface area contributed by atoms with Gasteiger partial charge >= 0.3 is 6.09 Å². The lowest BCUT2D eigenvalue weighted by Gasteiger charge is -2.24. The number of benzene rings is 1. The van der Waals surface area contributed by atoms with E-state index in [9.17, 15) is 10.1 Å². The van der Waals surface area contributed by atoms with Gasteiger partial charge in [-0.15, -0.1) is 0 Å². The van der Waals surface area contributed by atoms with Crippen molar-refractivity contribution in [3.63, 3.8) is 0 Å². The standard InChI is InChI=1S/C19H22N4O2/c1-19(2,3)25-18(24)23-9-8-14(12-23)21-17-16-7-5-4-6-13(16)10-15(11-20)22-17/h4-7,10,14H,8-9,12H2,1-3H3,(H,21,22)/t14-/m0/s1. The first kappa shape index (κ1) is 17.0. The predicted molar refractivity (Wildman–Crippen MR) is 96.3 cm³/mol. The Morgan fingerprint density at radius 1 is 1.40 bits per heavy atom. The second kappa shape index (κ2) is 6.60. The highest BCUT2D eigenvalue weighted by Gasteiger charge is 2.30.